The van der Waals surface area contributed by atoms with Crippen molar-refractivity contribution in [3.05, 3.63) is 34.4 Å². The van der Waals surface area contributed by atoms with Crippen LogP contribution < -0.4 is 0 Å². The molecule has 0 saturated heterocycles. The third kappa shape index (κ3) is 3.41. The molecule has 3 nitrogen and oxygen atoms in total. The summed E-state index contributed by atoms with van der Waals surface area (Å²) in [6.07, 6.45) is 3.54. The maximum Gasteiger partial charge on any atom is 0.328 e. The van der Waals surface area contributed by atoms with Gasteiger partial charge in [-0.3, -0.25) is 0 Å². The van der Waals surface area contributed by atoms with Crippen molar-refractivity contribution in [3.63, 3.8) is 0 Å². The predicted molar refractivity (Wildman–Crippen MR) is 82.3 cm³/mol. The summed E-state index contributed by atoms with van der Waals surface area (Å²) < 4.78 is 0. The van der Waals surface area contributed by atoms with Gasteiger partial charge in [0.25, 0.3) is 0 Å². The minimum atomic E-state index is -0.961. The highest BCUT2D eigenvalue weighted by molar-refractivity contribution is 5.86. The smallest absolute Gasteiger partial charge is 0.328 e. The molecule has 3 heteroatoms. The van der Waals surface area contributed by atoms with Gasteiger partial charge in [-0.1, -0.05) is 34.6 Å². The maximum absolute atomic E-state index is 10.7. The normalized spacial score (nSPS) is 11.8. The van der Waals surface area contributed by atoms with E-state index in [-0.39, 0.29) is 11.8 Å². The Bertz CT molecular complexity index is 526. The van der Waals surface area contributed by atoms with Gasteiger partial charge in [-0.05, 0) is 47.1 Å². The van der Waals surface area contributed by atoms with E-state index in [1.165, 1.54) is 0 Å². The Morgan fingerprint density at radius 1 is 1.25 bits per heavy atom. The van der Waals surface area contributed by atoms with Crippen molar-refractivity contribution in [3.8, 4) is 5.75 Å². The van der Waals surface area contributed by atoms with Crippen molar-refractivity contribution in [1.82, 2.24) is 0 Å². The van der Waals surface area contributed by atoms with Crippen molar-refractivity contribution in [2.75, 3.05) is 0 Å². The van der Waals surface area contributed by atoms with Crippen molar-refractivity contribution in [1.29, 1.82) is 0 Å². The van der Waals surface area contributed by atoms with Crippen LogP contribution in [0.15, 0.2) is 12.1 Å². The fraction of sp³-hybridized carbons (Fsp3) is 0.471. The molecule has 0 spiro atoms. The van der Waals surface area contributed by atoms with Crippen LogP contribution in [0.2, 0.25) is 0 Å². The molecule has 1 aromatic rings. The van der Waals surface area contributed by atoms with Crippen molar-refractivity contribution in [2.24, 2.45) is 0 Å². The molecular weight excluding hydrogens is 252 g/mol. The summed E-state index contributed by atoms with van der Waals surface area (Å²) >= 11 is 0. The molecule has 1 rings (SSSR count). The fourth-order valence-electron chi connectivity index (χ4n) is 2.54. The quantitative estimate of drug-likeness (QED) is 0.788. The Morgan fingerprint density at radius 3 is 2.25 bits per heavy atom. The van der Waals surface area contributed by atoms with Gasteiger partial charge < -0.3 is 10.2 Å². The fourth-order valence-corrected chi connectivity index (χ4v) is 2.54. The maximum atomic E-state index is 10.7. The van der Waals surface area contributed by atoms with Gasteiger partial charge >= 0.3 is 5.97 Å². The lowest BCUT2D eigenvalue weighted by atomic mass is 9.85. The van der Waals surface area contributed by atoms with Gasteiger partial charge in [-0.15, -0.1) is 0 Å². The van der Waals surface area contributed by atoms with Crippen LogP contribution in [0, 0.1) is 0 Å². The second-order valence-electron chi connectivity index (χ2n) is 5.63. The monoisotopic (exact) mass is 276 g/mol. The van der Waals surface area contributed by atoms with Crippen LogP contribution in [0.5, 0.6) is 5.75 Å². The number of aliphatic carboxylic acids is 1. The molecule has 0 radical (unpaired) electrons. The minimum absolute atomic E-state index is 0.190. The second kappa shape index (κ2) is 6.60. The molecule has 0 unspecified atom stereocenters. The molecule has 0 heterocycles. The van der Waals surface area contributed by atoms with E-state index in [0.29, 0.717) is 5.75 Å². The van der Waals surface area contributed by atoms with Gasteiger partial charge in [0.05, 0.1) is 0 Å². The molecule has 0 fully saturated rings. The van der Waals surface area contributed by atoms with Crippen molar-refractivity contribution >= 4 is 12.0 Å². The van der Waals surface area contributed by atoms with Crippen LogP contribution in [0.3, 0.4) is 0 Å². The Kier molecular flexibility index (Phi) is 5.37. The molecule has 0 aliphatic rings. The summed E-state index contributed by atoms with van der Waals surface area (Å²) in [6.45, 7) is 10.2. The van der Waals surface area contributed by atoms with Gasteiger partial charge in [-0.2, -0.15) is 0 Å². The highest BCUT2D eigenvalue weighted by atomic mass is 16.4. The summed E-state index contributed by atoms with van der Waals surface area (Å²) in [5, 5.41) is 19.3. The average molecular weight is 276 g/mol. The first kappa shape index (κ1) is 16.3. The molecule has 0 saturated carbocycles. The number of carbonyl (C=O) groups is 1. The number of carboxylic acids is 1. The molecule has 1 aromatic carbocycles. The number of rotatable bonds is 5. The second-order valence-corrected chi connectivity index (χ2v) is 5.63. The van der Waals surface area contributed by atoms with E-state index in [2.05, 4.69) is 0 Å². The molecular formula is C17H24O3. The Morgan fingerprint density at radius 2 is 1.85 bits per heavy atom. The van der Waals surface area contributed by atoms with Gasteiger partial charge in [0.2, 0.25) is 0 Å². The molecule has 0 amide bonds. The zero-order chi connectivity index (χ0) is 15.4. The highest BCUT2D eigenvalue weighted by Gasteiger charge is 2.19. The summed E-state index contributed by atoms with van der Waals surface area (Å²) in [5.41, 5.74) is 3.72. The first-order valence-electron chi connectivity index (χ1n) is 7.09. The number of benzene rings is 1. The SMILES string of the molecule is CCc1c(C=CC(=O)O)cc(C(C)C)c(O)c1C(C)C. The van der Waals surface area contributed by atoms with E-state index in [1.807, 2.05) is 40.7 Å². The molecule has 0 aromatic heterocycles. The lowest BCUT2D eigenvalue weighted by molar-refractivity contribution is -0.131. The number of phenols is 1. The van der Waals surface area contributed by atoms with E-state index >= 15 is 0 Å². The van der Waals surface area contributed by atoms with Crippen LogP contribution in [0.4, 0.5) is 0 Å². The Labute approximate surface area is 121 Å². The van der Waals surface area contributed by atoms with Crippen molar-refractivity contribution < 1.29 is 15.0 Å². The van der Waals surface area contributed by atoms with Crippen LogP contribution in [-0.4, -0.2) is 16.2 Å². The van der Waals surface area contributed by atoms with Crippen LogP contribution in [0.1, 0.15) is 68.7 Å². The van der Waals surface area contributed by atoms with E-state index < -0.39 is 5.97 Å². The lowest BCUT2D eigenvalue weighted by Gasteiger charge is -2.21. The zero-order valence-electron chi connectivity index (χ0n) is 12.9. The molecule has 2 N–H and O–H groups in total. The third-order valence-corrected chi connectivity index (χ3v) is 3.47. The molecule has 0 atom stereocenters. The van der Waals surface area contributed by atoms with Crippen LogP contribution >= 0.6 is 0 Å². The molecule has 0 aliphatic carbocycles. The van der Waals surface area contributed by atoms with E-state index in [9.17, 15) is 9.90 Å². The van der Waals surface area contributed by atoms with E-state index in [1.54, 1.807) is 6.08 Å². The van der Waals surface area contributed by atoms with E-state index in [0.717, 1.165) is 34.8 Å². The van der Waals surface area contributed by atoms with E-state index in [4.69, 9.17) is 5.11 Å². The third-order valence-electron chi connectivity index (χ3n) is 3.47. The first-order valence-corrected chi connectivity index (χ1v) is 7.09. The summed E-state index contributed by atoms with van der Waals surface area (Å²) in [6, 6.07) is 1.91. The molecule has 110 valence electrons. The standard InChI is InChI=1S/C17H24O3/c1-6-13-12(7-8-15(18)19)9-14(10(2)3)17(20)16(13)11(4)5/h7-11,20H,6H2,1-5H3,(H,18,19). The lowest BCUT2D eigenvalue weighted by Crippen LogP contribution is -2.03. The average Bonchev–Trinajstić information content (AvgIpc) is 2.35. The largest absolute Gasteiger partial charge is 0.507 e. The number of hydrogen-bond donors (Lipinski definition) is 2. The summed E-state index contributed by atoms with van der Waals surface area (Å²) in [7, 11) is 0. The first-order chi connectivity index (χ1) is 9.29. The molecule has 0 aliphatic heterocycles. The van der Waals surface area contributed by atoms with Crippen LogP contribution in [-0.2, 0) is 11.2 Å². The summed E-state index contributed by atoms with van der Waals surface area (Å²) in [4.78, 5) is 10.7. The van der Waals surface area contributed by atoms with Crippen LogP contribution in [0.25, 0.3) is 6.08 Å². The van der Waals surface area contributed by atoms with Gasteiger partial charge in [0.1, 0.15) is 5.75 Å². The van der Waals surface area contributed by atoms with Gasteiger partial charge in [0.15, 0.2) is 0 Å². The van der Waals surface area contributed by atoms with Gasteiger partial charge in [-0.25, -0.2) is 4.79 Å². The van der Waals surface area contributed by atoms with Crippen molar-refractivity contribution in [2.45, 2.75) is 52.9 Å². The predicted octanol–water partition coefficient (Wildman–Crippen LogP) is 4.30. The number of phenolic OH excluding ortho intramolecular Hbond substituents is 1. The number of aromatic hydroxyl groups is 1. The topological polar surface area (TPSA) is 57.5 Å². The zero-order valence-corrected chi connectivity index (χ0v) is 12.9. The number of hydrogen-bond acceptors (Lipinski definition) is 2. The Balaban J connectivity index is 3.61. The number of carboxylic acid groups (broad SMARTS) is 1. The Hall–Kier alpha value is -1.77. The highest BCUT2D eigenvalue weighted by Crippen LogP contribution is 2.38. The molecule has 20 heavy (non-hydrogen) atoms. The summed E-state index contributed by atoms with van der Waals surface area (Å²) in [5.74, 6) is -0.215. The molecule has 0 bridgehead atoms. The van der Waals surface area contributed by atoms with Gasteiger partial charge in [0, 0.05) is 11.6 Å². The minimum Gasteiger partial charge on any atom is -0.507 e.